The topological polar surface area (TPSA) is 78.9 Å². The molecular formula is C21H20N4O3S. The third-order valence-electron chi connectivity index (χ3n) is 5.01. The number of aromatic nitrogens is 4. The predicted octanol–water partition coefficient (Wildman–Crippen LogP) is 2.36. The highest BCUT2D eigenvalue weighted by Crippen LogP contribution is 2.24. The first-order chi connectivity index (χ1) is 14.0. The lowest BCUT2D eigenvalue weighted by atomic mass is 10.0. The molecule has 4 rings (SSSR count). The fourth-order valence-corrected chi connectivity index (χ4v) is 4.09. The SMILES string of the molecule is Cn1c(=O)c2c(ncn2CCC(=O)Cc2ccc(-c3cccs3)cc2)n(C)c1=O. The Morgan fingerprint density at radius 2 is 1.83 bits per heavy atom. The Hall–Kier alpha value is -3.26. The number of fused-ring (bicyclic) bond motifs is 1. The highest BCUT2D eigenvalue weighted by atomic mass is 32.1. The summed E-state index contributed by atoms with van der Waals surface area (Å²) < 4.78 is 4.04. The second-order valence-electron chi connectivity index (χ2n) is 6.96. The first-order valence-electron chi connectivity index (χ1n) is 9.21. The maximum Gasteiger partial charge on any atom is 0.332 e. The number of imidazole rings is 1. The zero-order valence-electron chi connectivity index (χ0n) is 16.2. The van der Waals surface area contributed by atoms with Crippen LogP contribution < -0.4 is 11.2 Å². The Balaban J connectivity index is 1.46. The largest absolute Gasteiger partial charge is 0.332 e. The molecule has 1 aromatic carbocycles. The zero-order valence-corrected chi connectivity index (χ0v) is 17.0. The molecule has 4 aromatic rings. The van der Waals surface area contributed by atoms with E-state index in [1.54, 1.807) is 23.0 Å². The molecule has 0 amide bonds. The molecule has 0 aliphatic heterocycles. The van der Waals surface area contributed by atoms with Crippen LogP contribution >= 0.6 is 11.3 Å². The van der Waals surface area contributed by atoms with E-state index in [0.29, 0.717) is 24.1 Å². The van der Waals surface area contributed by atoms with Crippen molar-refractivity contribution in [2.75, 3.05) is 0 Å². The lowest BCUT2D eigenvalue weighted by molar-refractivity contribution is -0.118. The van der Waals surface area contributed by atoms with Crippen LogP contribution in [0.15, 0.2) is 57.7 Å². The van der Waals surface area contributed by atoms with Crippen molar-refractivity contribution in [2.24, 2.45) is 14.1 Å². The van der Waals surface area contributed by atoms with E-state index in [2.05, 4.69) is 11.1 Å². The van der Waals surface area contributed by atoms with Crippen LogP contribution in [0.4, 0.5) is 0 Å². The summed E-state index contributed by atoms with van der Waals surface area (Å²) in [6.07, 6.45) is 2.13. The van der Waals surface area contributed by atoms with Crippen molar-refractivity contribution in [1.82, 2.24) is 18.7 Å². The number of ketones is 1. The number of hydrogen-bond acceptors (Lipinski definition) is 5. The fourth-order valence-electron chi connectivity index (χ4n) is 3.36. The average molecular weight is 408 g/mol. The molecule has 0 radical (unpaired) electrons. The summed E-state index contributed by atoms with van der Waals surface area (Å²) in [6, 6.07) is 12.1. The monoisotopic (exact) mass is 408 g/mol. The van der Waals surface area contributed by atoms with Gasteiger partial charge in [0.2, 0.25) is 0 Å². The lowest BCUT2D eigenvalue weighted by Gasteiger charge is -2.07. The van der Waals surface area contributed by atoms with Gasteiger partial charge in [-0.05, 0) is 22.6 Å². The third-order valence-corrected chi connectivity index (χ3v) is 5.93. The van der Waals surface area contributed by atoms with Crippen molar-refractivity contribution in [3.05, 3.63) is 74.5 Å². The van der Waals surface area contributed by atoms with E-state index >= 15 is 0 Å². The second-order valence-corrected chi connectivity index (χ2v) is 7.90. The second kappa shape index (κ2) is 7.63. The van der Waals surface area contributed by atoms with Gasteiger partial charge in [-0.25, -0.2) is 9.78 Å². The van der Waals surface area contributed by atoms with Gasteiger partial charge in [-0.1, -0.05) is 30.3 Å². The minimum atomic E-state index is -0.421. The maximum absolute atomic E-state index is 12.5. The van der Waals surface area contributed by atoms with Gasteiger partial charge in [-0.2, -0.15) is 0 Å². The Bertz CT molecular complexity index is 1290. The Morgan fingerprint density at radius 3 is 2.52 bits per heavy atom. The molecule has 0 aliphatic rings. The van der Waals surface area contributed by atoms with Gasteiger partial charge >= 0.3 is 5.69 Å². The minimum Gasteiger partial charge on any atom is -0.324 e. The zero-order chi connectivity index (χ0) is 20.5. The van der Waals surface area contributed by atoms with Gasteiger partial charge in [-0.3, -0.25) is 18.7 Å². The summed E-state index contributed by atoms with van der Waals surface area (Å²) in [5, 5.41) is 2.04. The number of carbonyl (C=O) groups is 1. The van der Waals surface area contributed by atoms with Crippen molar-refractivity contribution >= 4 is 28.3 Å². The highest BCUT2D eigenvalue weighted by molar-refractivity contribution is 7.13. The first kappa shape index (κ1) is 19.1. The summed E-state index contributed by atoms with van der Waals surface area (Å²) in [6.45, 7) is 0.343. The number of nitrogens with zero attached hydrogens (tertiary/aromatic N) is 4. The average Bonchev–Trinajstić information content (AvgIpc) is 3.40. The molecule has 0 fully saturated rings. The van der Waals surface area contributed by atoms with Gasteiger partial charge in [0.05, 0.1) is 6.33 Å². The van der Waals surface area contributed by atoms with Crippen molar-refractivity contribution in [3.63, 3.8) is 0 Å². The molecule has 0 atom stereocenters. The van der Waals surface area contributed by atoms with Gasteiger partial charge in [0.25, 0.3) is 5.56 Å². The number of benzene rings is 1. The predicted molar refractivity (Wildman–Crippen MR) is 113 cm³/mol. The van der Waals surface area contributed by atoms with Gasteiger partial charge < -0.3 is 4.57 Å². The molecule has 0 bridgehead atoms. The summed E-state index contributed by atoms with van der Waals surface area (Å²) in [5.74, 6) is 0.0809. The van der Waals surface area contributed by atoms with E-state index in [9.17, 15) is 14.4 Å². The van der Waals surface area contributed by atoms with E-state index in [1.165, 1.54) is 22.8 Å². The van der Waals surface area contributed by atoms with Crippen molar-refractivity contribution in [1.29, 1.82) is 0 Å². The fraction of sp³-hybridized carbons (Fsp3) is 0.238. The molecule has 3 heterocycles. The van der Waals surface area contributed by atoms with Crippen LogP contribution in [0.1, 0.15) is 12.0 Å². The van der Waals surface area contributed by atoms with Gasteiger partial charge in [-0.15, -0.1) is 11.3 Å². The molecule has 8 heteroatoms. The van der Waals surface area contributed by atoms with E-state index in [1.807, 2.05) is 35.7 Å². The summed E-state index contributed by atoms with van der Waals surface area (Å²) >= 11 is 1.68. The molecule has 0 aliphatic carbocycles. The number of thiophene rings is 1. The smallest absolute Gasteiger partial charge is 0.324 e. The third kappa shape index (κ3) is 3.58. The number of aryl methyl sites for hydroxylation is 2. The van der Waals surface area contributed by atoms with Crippen molar-refractivity contribution < 1.29 is 4.79 Å². The number of Topliss-reactive ketones (excluding diaryl/α,β-unsaturated/α-hetero) is 1. The molecule has 0 spiro atoms. The van der Waals surface area contributed by atoms with Gasteiger partial charge in [0.1, 0.15) is 5.78 Å². The van der Waals surface area contributed by atoms with Crippen LogP contribution in [-0.2, 0) is 31.9 Å². The minimum absolute atomic E-state index is 0.0809. The summed E-state index contributed by atoms with van der Waals surface area (Å²) in [5.41, 5.74) is 1.94. The van der Waals surface area contributed by atoms with Crippen LogP contribution in [0.25, 0.3) is 21.6 Å². The van der Waals surface area contributed by atoms with E-state index in [4.69, 9.17) is 0 Å². The van der Waals surface area contributed by atoms with Crippen LogP contribution in [-0.4, -0.2) is 24.5 Å². The Kier molecular flexibility index (Phi) is 5.02. The molecule has 3 aromatic heterocycles. The first-order valence-corrected chi connectivity index (χ1v) is 10.1. The van der Waals surface area contributed by atoms with E-state index < -0.39 is 11.2 Å². The molecule has 7 nitrogen and oxygen atoms in total. The molecule has 0 unspecified atom stereocenters. The van der Waals surface area contributed by atoms with Crippen LogP contribution in [0.3, 0.4) is 0 Å². The number of hydrogen-bond donors (Lipinski definition) is 0. The number of rotatable bonds is 6. The van der Waals surface area contributed by atoms with Crippen molar-refractivity contribution in [3.8, 4) is 10.4 Å². The van der Waals surface area contributed by atoms with Gasteiger partial charge in [0, 0.05) is 38.4 Å². The van der Waals surface area contributed by atoms with E-state index in [0.717, 1.165) is 15.7 Å². The van der Waals surface area contributed by atoms with Crippen LogP contribution in [0, 0.1) is 0 Å². The summed E-state index contributed by atoms with van der Waals surface area (Å²) in [7, 11) is 3.01. The molecule has 0 saturated heterocycles. The van der Waals surface area contributed by atoms with Gasteiger partial charge in [0.15, 0.2) is 11.2 Å². The normalized spacial score (nSPS) is 11.2. The Morgan fingerprint density at radius 1 is 1.07 bits per heavy atom. The van der Waals surface area contributed by atoms with Crippen molar-refractivity contribution in [2.45, 2.75) is 19.4 Å². The molecule has 148 valence electrons. The highest BCUT2D eigenvalue weighted by Gasteiger charge is 2.15. The maximum atomic E-state index is 12.5. The molecular weight excluding hydrogens is 388 g/mol. The van der Waals surface area contributed by atoms with E-state index in [-0.39, 0.29) is 12.2 Å². The standard InChI is InChI=1S/C21H20N4O3S/c1-23-19-18(20(27)24(2)21(23)28)25(13-22-19)10-9-16(26)12-14-5-7-15(8-6-14)17-4-3-11-29-17/h3-8,11,13H,9-10,12H2,1-2H3. The quantitative estimate of drug-likeness (QED) is 0.491. The molecule has 0 N–H and O–H groups in total. The lowest BCUT2D eigenvalue weighted by Crippen LogP contribution is -2.37. The summed E-state index contributed by atoms with van der Waals surface area (Å²) in [4.78, 5) is 42.3. The molecule has 29 heavy (non-hydrogen) atoms. The van der Waals surface area contributed by atoms with Crippen LogP contribution in [0.2, 0.25) is 0 Å². The molecule has 0 saturated carbocycles. The Labute approximate surface area is 170 Å². The number of carbonyl (C=O) groups excluding carboxylic acids is 1. The van der Waals surface area contributed by atoms with Crippen LogP contribution in [0.5, 0.6) is 0 Å².